The number of nitrogens with one attached hydrogen (secondary N) is 2. The van der Waals surface area contributed by atoms with Crippen LogP contribution in [0.4, 0.5) is 0 Å². The molecule has 2 nitrogen and oxygen atoms in total. The van der Waals surface area contributed by atoms with E-state index in [2.05, 4.69) is 114 Å². The van der Waals surface area contributed by atoms with Gasteiger partial charge in [0.2, 0.25) is 0 Å². The van der Waals surface area contributed by atoms with Gasteiger partial charge in [-0.05, 0) is 80.1 Å². The van der Waals surface area contributed by atoms with E-state index < -0.39 is 0 Å². The summed E-state index contributed by atoms with van der Waals surface area (Å²) in [5.74, 6) is 0. The summed E-state index contributed by atoms with van der Waals surface area (Å²) in [6.07, 6.45) is 7.43. The summed E-state index contributed by atoms with van der Waals surface area (Å²) in [4.78, 5) is 0. The highest BCUT2D eigenvalue weighted by Crippen LogP contribution is 2.60. The van der Waals surface area contributed by atoms with E-state index >= 15 is 0 Å². The molecule has 0 bridgehead atoms. The zero-order chi connectivity index (χ0) is 25.6. The second kappa shape index (κ2) is 11.6. The molecular weight excluding hydrogens is 388 g/mol. The average Bonchev–Trinajstić information content (AvgIpc) is 2.58. The van der Waals surface area contributed by atoms with Crippen molar-refractivity contribution in [3.63, 3.8) is 0 Å². The Hall–Kier alpha value is -0.0800. The molecule has 2 heteroatoms. The molecule has 2 unspecified atom stereocenters. The lowest BCUT2D eigenvalue weighted by atomic mass is 9.47. The Balaban J connectivity index is 6.05. The van der Waals surface area contributed by atoms with Crippen molar-refractivity contribution >= 4 is 0 Å². The van der Waals surface area contributed by atoms with Crippen LogP contribution in [0.25, 0.3) is 0 Å². The van der Waals surface area contributed by atoms with E-state index in [1.165, 1.54) is 38.5 Å². The van der Waals surface area contributed by atoms with Crippen molar-refractivity contribution in [3.05, 3.63) is 0 Å². The van der Waals surface area contributed by atoms with Gasteiger partial charge in [0.15, 0.2) is 0 Å². The highest BCUT2D eigenvalue weighted by molar-refractivity contribution is 5.03. The van der Waals surface area contributed by atoms with Gasteiger partial charge < -0.3 is 10.6 Å². The first-order valence-electron chi connectivity index (χ1n) is 13.7. The van der Waals surface area contributed by atoms with Gasteiger partial charge in [-0.15, -0.1) is 0 Å². The highest BCUT2D eigenvalue weighted by Gasteiger charge is 2.53. The Labute approximate surface area is 204 Å². The molecule has 0 spiro atoms. The van der Waals surface area contributed by atoms with Crippen molar-refractivity contribution in [2.75, 3.05) is 13.1 Å². The third kappa shape index (κ3) is 9.28. The van der Waals surface area contributed by atoms with Gasteiger partial charge in [0.1, 0.15) is 0 Å². The van der Waals surface area contributed by atoms with E-state index in [1.54, 1.807) is 0 Å². The molecule has 0 aromatic carbocycles. The lowest BCUT2D eigenvalue weighted by Crippen LogP contribution is -2.55. The Morgan fingerprint density at radius 1 is 0.719 bits per heavy atom. The minimum atomic E-state index is 0.181. The predicted octanol–water partition coefficient (Wildman–Crippen LogP) is 8.84. The maximum atomic E-state index is 3.96. The van der Waals surface area contributed by atoms with E-state index in [9.17, 15) is 0 Å². The van der Waals surface area contributed by atoms with E-state index in [4.69, 9.17) is 0 Å². The second-order valence-corrected chi connectivity index (χ2v) is 14.8. The fourth-order valence-corrected chi connectivity index (χ4v) is 6.28. The molecule has 0 aromatic rings. The van der Waals surface area contributed by atoms with Gasteiger partial charge in [0.25, 0.3) is 0 Å². The van der Waals surface area contributed by atoms with Gasteiger partial charge in [0, 0.05) is 18.1 Å². The SMILES string of the molecule is CCCC(C)(C)NCC(C)(C)C(C)(C)C(C)(CC(C)(C)CC)CC(C)(C)CC(C)NCC. The van der Waals surface area contributed by atoms with Crippen LogP contribution in [0.15, 0.2) is 0 Å². The molecule has 0 aliphatic heterocycles. The quantitative estimate of drug-likeness (QED) is 0.244. The van der Waals surface area contributed by atoms with Crippen LogP contribution in [0.1, 0.15) is 142 Å². The zero-order valence-electron chi connectivity index (χ0n) is 25.2. The van der Waals surface area contributed by atoms with Crippen molar-refractivity contribution in [2.45, 2.75) is 154 Å². The van der Waals surface area contributed by atoms with Crippen LogP contribution in [-0.2, 0) is 0 Å². The monoisotopic (exact) mass is 453 g/mol. The molecule has 0 amide bonds. The summed E-state index contributed by atoms with van der Waals surface area (Å²) in [7, 11) is 0. The molecule has 0 heterocycles. The van der Waals surface area contributed by atoms with Crippen LogP contribution in [0.2, 0.25) is 0 Å². The van der Waals surface area contributed by atoms with E-state index in [0.717, 1.165) is 13.1 Å². The Kier molecular flexibility index (Phi) is 11.5. The van der Waals surface area contributed by atoms with Gasteiger partial charge in [0.05, 0.1) is 0 Å². The largest absolute Gasteiger partial charge is 0.315 e. The summed E-state index contributed by atoms with van der Waals surface area (Å²) in [5, 5.41) is 7.61. The van der Waals surface area contributed by atoms with Crippen LogP contribution in [-0.4, -0.2) is 24.7 Å². The molecule has 0 fully saturated rings. The molecule has 0 aliphatic rings. The van der Waals surface area contributed by atoms with Gasteiger partial charge >= 0.3 is 0 Å². The number of hydrogen-bond acceptors (Lipinski definition) is 2. The maximum Gasteiger partial charge on any atom is 0.0125 e. The summed E-state index contributed by atoms with van der Waals surface area (Å²) in [6.45, 7) is 38.8. The molecule has 0 rings (SSSR count). The minimum Gasteiger partial charge on any atom is -0.315 e. The first-order valence-corrected chi connectivity index (χ1v) is 13.7. The molecule has 0 radical (unpaired) electrons. The molecular formula is C30H64N2. The lowest BCUT2D eigenvalue weighted by molar-refractivity contribution is -0.0844. The normalized spacial score (nSPS) is 17.3. The van der Waals surface area contributed by atoms with Crippen LogP contribution in [0, 0.1) is 27.1 Å². The van der Waals surface area contributed by atoms with Gasteiger partial charge in [-0.1, -0.05) is 95.9 Å². The molecule has 0 saturated carbocycles. The first-order chi connectivity index (χ1) is 14.2. The molecule has 32 heavy (non-hydrogen) atoms. The van der Waals surface area contributed by atoms with Crippen LogP contribution >= 0.6 is 0 Å². The van der Waals surface area contributed by atoms with Crippen molar-refractivity contribution < 1.29 is 0 Å². The van der Waals surface area contributed by atoms with Crippen LogP contribution in [0.5, 0.6) is 0 Å². The van der Waals surface area contributed by atoms with E-state index in [1.807, 2.05) is 0 Å². The van der Waals surface area contributed by atoms with E-state index in [0.29, 0.717) is 16.9 Å². The predicted molar refractivity (Wildman–Crippen MR) is 148 cm³/mol. The summed E-state index contributed by atoms with van der Waals surface area (Å²) in [5.41, 5.74) is 1.44. The average molecular weight is 453 g/mol. The van der Waals surface area contributed by atoms with E-state index in [-0.39, 0.29) is 21.8 Å². The Bertz CT molecular complexity index is 541. The zero-order valence-corrected chi connectivity index (χ0v) is 25.2. The molecule has 0 aliphatic carbocycles. The van der Waals surface area contributed by atoms with Crippen LogP contribution < -0.4 is 10.6 Å². The lowest BCUT2D eigenvalue weighted by Gasteiger charge is -2.58. The summed E-state index contributed by atoms with van der Waals surface area (Å²) < 4.78 is 0. The molecule has 2 N–H and O–H groups in total. The number of rotatable bonds is 16. The first kappa shape index (κ1) is 31.9. The Morgan fingerprint density at radius 2 is 1.22 bits per heavy atom. The molecule has 0 saturated heterocycles. The summed E-state index contributed by atoms with van der Waals surface area (Å²) in [6, 6.07) is 0.561. The van der Waals surface area contributed by atoms with Crippen molar-refractivity contribution in [2.24, 2.45) is 27.1 Å². The molecule has 2 atom stereocenters. The second-order valence-electron chi connectivity index (χ2n) is 14.8. The molecule has 0 aromatic heterocycles. The van der Waals surface area contributed by atoms with Gasteiger partial charge in [-0.25, -0.2) is 0 Å². The number of hydrogen-bond donors (Lipinski definition) is 2. The third-order valence-electron chi connectivity index (χ3n) is 9.19. The van der Waals surface area contributed by atoms with Crippen molar-refractivity contribution in [1.82, 2.24) is 10.6 Å². The third-order valence-corrected chi connectivity index (χ3v) is 9.19. The van der Waals surface area contributed by atoms with Crippen molar-refractivity contribution in [3.8, 4) is 0 Å². The van der Waals surface area contributed by atoms with Gasteiger partial charge in [-0.3, -0.25) is 0 Å². The Morgan fingerprint density at radius 3 is 1.66 bits per heavy atom. The van der Waals surface area contributed by atoms with Crippen molar-refractivity contribution in [1.29, 1.82) is 0 Å². The highest BCUT2D eigenvalue weighted by atomic mass is 15.0. The van der Waals surface area contributed by atoms with Crippen LogP contribution in [0.3, 0.4) is 0 Å². The molecule has 194 valence electrons. The maximum absolute atomic E-state index is 3.96. The minimum absolute atomic E-state index is 0.181. The van der Waals surface area contributed by atoms with Gasteiger partial charge in [-0.2, -0.15) is 0 Å². The fraction of sp³-hybridized carbons (Fsp3) is 1.00. The summed E-state index contributed by atoms with van der Waals surface area (Å²) >= 11 is 0. The standard InChI is InChI=1S/C30H64N2/c1-16-19-28(11,12)32-23-27(9,10)29(13,14)30(15,21-25(5,6)17-2)22-26(7,8)20-24(4)31-18-3/h24,31-32H,16-23H2,1-15H3. The fourth-order valence-electron chi connectivity index (χ4n) is 6.28. The smallest absolute Gasteiger partial charge is 0.0125 e. The topological polar surface area (TPSA) is 24.1 Å².